The topological polar surface area (TPSA) is 58.4 Å². The first-order chi connectivity index (χ1) is 9.52. The van der Waals surface area contributed by atoms with Crippen LogP contribution < -0.4 is 11.1 Å². The lowest BCUT2D eigenvalue weighted by molar-refractivity contribution is -0.125. The fraction of sp³-hybridized carbons (Fsp3) is 0.562. The Kier molecular flexibility index (Phi) is 7.26. The Bertz CT molecular complexity index is 392. The number of benzene rings is 1. The predicted octanol–water partition coefficient (Wildman–Crippen LogP) is 1.26. The van der Waals surface area contributed by atoms with Crippen LogP contribution in [0.2, 0.25) is 0 Å². The van der Waals surface area contributed by atoms with Gasteiger partial charge in [0.25, 0.3) is 0 Å². The molecule has 0 aromatic heterocycles. The van der Waals surface area contributed by atoms with Gasteiger partial charge in [0.1, 0.15) is 0 Å². The van der Waals surface area contributed by atoms with Crippen molar-refractivity contribution in [1.82, 2.24) is 10.2 Å². The molecule has 1 rings (SSSR count). The normalized spacial score (nSPS) is 14.1. The highest BCUT2D eigenvalue weighted by Crippen LogP contribution is 2.08. The smallest absolute Gasteiger partial charge is 0.224 e. The number of nitrogens with zero attached hydrogens (tertiary/aromatic N) is 1. The summed E-state index contributed by atoms with van der Waals surface area (Å²) in [6.45, 7) is 3.38. The monoisotopic (exact) mass is 277 g/mol. The van der Waals surface area contributed by atoms with E-state index < -0.39 is 0 Å². The van der Waals surface area contributed by atoms with Crippen LogP contribution in [0.15, 0.2) is 30.3 Å². The average molecular weight is 277 g/mol. The Morgan fingerprint density at radius 3 is 2.50 bits per heavy atom. The lowest BCUT2D eigenvalue weighted by Gasteiger charge is -2.20. The van der Waals surface area contributed by atoms with Gasteiger partial charge in [-0.15, -0.1) is 0 Å². The zero-order valence-electron chi connectivity index (χ0n) is 12.8. The molecule has 4 heteroatoms. The Hall–Kier alpha value is -1.39. The second-order valence-electron chi connectivity index (χ2n) is 5.62. The van der Waals surface area contributed by atoms with Crippen molar-refractivity contribution in [2.75, 3.05) is 27.2 Å². The minimum absolute atomic E-state index is 0.0580. The largest absolute Gasteiger partial charge is 0.353 e. The van der Waals surface area contributed by atoms with Gasteiger partial charge in [-0.2, -0.15) is 0 Å². The number of carbonyl (C=O) groups is 1. The molecule has 0 bridgehead atoms. The van der Waals surface area contributed by atoms with Gasteiger partial charge in [-0.3, -0.25) is 4.79 Å². The van der Waals surface area contributed by atoms with Gasteiger partial charge in [-0.1, -0.05) is 30.3 Å². The molecule has 3 N–H and O–H groups in total. The first-order valence-electron chi connectivity index (χ1n) is 7.22. The van der Waals surface area contributed by atoms with E-state index in [1.165, 1.54) is 0 Å². The standard InChI is InChI=1S/C16H27N3O/c1-13(9-10-19(2)3)18-16(20)15(12-17)11-14-7-5-4-6-8-14/h4-8,13,15H,9-12,17H2,1-3H3,(H,18,20). The third kappa shape index (κ3) is 6.17. The van der Waals surface area contributed by atoms with E-state index in [1.54, 1.807) is 0 Å². The van der Waals surface area contributed by atoms with E-state index in [0.717, 1.165) is 18.5 Å². The Balaban J connectivity index is 2.46. The molecule has 0 radical (unpaired) electrons. The van der Waals surface area contributed by atoms with Crippen molar-refractivity contribution in [2.45, 2.75) is 25.8 Å². The van der Waals surface area contributed by atoms with Gasteiger partial charge >= 0.3 is 0 Å². The maximum atomic E-state index is 12.2. The van der Waals surface area contributed by atoms with Crippen molar-refractivity contribution < 1.29 is 4.79 Å². The second-order valence-corrected chi connectivity index (χ2v) is 5.62. The van der Waals surface area contributed by atoms with E-state index in [0.29, 0.717) is 13.0 Å². The Labute approximate surface area is 122 Å². The fourth-order valence-electron chi connectivity index (χ4n) is 2.07. The van der Waals surface area contributed by atoms with Crippen molar-refractivity contribution in [3.8, 4) is 0 Å². The highest BCUT2D eigenvalue weighted by atomic mass is 16.1. The molecule has 0 aliphatic carbocycles. The van der Waals surface area contributed by atoms with Gasteiger partial charge in [-0.05, 0) is 46.0 Å². The van der Waals surface area contributed by atoms with Gasteiger partial charge in [-0.25, -0.2) is 0 Å². The summed E-state index contributed by atoms with van der Waals surface area (Å²) in [6, 6.07) is 10.2. The highest BCUT2D eigenvalue weighted by Gasteiger charge is 2.18. The molecule has 2 unspecified atom stereocenters. The minimum Gasteiger partial charge on any atom is -0.353 e. The molecule has 0 fully saturated rings. The van der Waals surface area contributed by atoms with Crippen LogP contribution in [0.5, 0.6) is 0 Å². The fourth-order valence-corrected chi connectivity index (χ4v) is 2.07. The summed E-state index contributed by atoms with van der Waals surface area (Å²) in [7, 11) is 4.07. The molecule has 1 amide bonds. The maximum Gasteiger partial charge on any atom is 0.224 e. The van der Waals surface area contributed by atoms with Gasteiger partial charge in [0.05, 0.1) is 5.92 Å². The third-order valence-electron chi connectivity index (χ3n) is 3.38. The number of amides is 1. The van der Waals surface area contributed by atoms with Crippen LogP contribution in [0, 0.1) is 5.92 Å². The van der Waals surface area contributed by atoms with Gasteiger partial charge in [0.15, 0.2) is 0 Å². The van der Waals surface area contributed by atoms with Crippen LogP contribution in [-0.2, 0) is 11.2 Å². The molecule has 0 aliphatic rings. The molecule has 0 heterocycles. The summed E-state index contributed by atoms with van der Waals surface area (Å²) in [4.78, 5) is 14.3. The Morgan fingerprint density at radius 2 is 1.95 bits per heavy atom. The van der Waals surface area contributed by atoms with Crippen LogP contribution in [0.4, 0.5) is 0 Å². The van der Waals surface area contributed by atoms with Crippen LogP contribution >= 0.6 is 0 Å². The first-order valence-corrected chi connectivity index (χ1v) is 7.22. The summed E-state index contributed by atoms with van der Waals surface area (Å²) in [5, 5.41) is 3.06. The number of rotatable bonds is 8. The SMILES string of the molecule is CC(CCN(C)C)NC(=O)C(CN)Cc1ccccc1. The zero-order valence-corrected chi connectivity index (χ0v) is 12.8. The summed E-state index contributed by atoms with van der Waals surface area (Å²) in [5.74, 6) is -0.0955. The van der Waals surface area contributed by atoms with E-state index in [9.17, 15) is 4.79 Å². The number of hydrogen-bond acceptors (Lipinski definition) is 3. The summed E-state index contributed by atoms with van der Waals surface area (Å²) < 4.78 is 0. The molecule has 2 atom stereocenters. The quantitative estimate of drug-likeness (QED) is 0.752. The van der Waals surface area contributed by atoms with E-state index in [-0.39, 0.29) is 17.9 Å². The number of nitrogens with one attached hydrogen (secondary N) is 1. The first kappa shape index (κ1) is 16.7. The second kappa shape index (κ2) is 8.72. The van der Waals surface area contributed by atoms with Crippen molar-refractivity contribution in [2.24, 2.45) is 11.7 Å². The van der Waals surface area contributed by atoms with Crippen LogP contribution in [-0.4, -0.2) is 44.0 Å². The predicted molar refractivity (Wildman–Crippen MR) is 83.5 cm³/mol. The summed E-state index contributed by atoms with van der Waals surface area (Å²) in [5.41, 5.74) is 6.90. The molecule has 1 aromatic rings. The molecule has 112 valence electrons. The molecule has 4 nitrogen and oxygen atoms in total. The summed E-state index contributed by atoms with van der Waals surface area (Å²) >= 11 is 0. The van der Waals surface area contributed by atoms with Crippen LogP contribution in [0.25, 0.3) is 0 Å². The molecule has 20 heavy (non-hydrogen) atoms. The van der Waals surface area contributed by atoms with Crippen molar-refractivity contribution in [3.63, 3.8) is 0 Å². The van der Waals surface area contributed by atoms with Gasteiger partial charge < -0.3 is 16.0 Å². The minimum atomic E-state index is -0.154. The lowest BCUT2D eigenvalue weighted by atomic mass is 9.98. The molecule has 0 spiro atoms. The van der Waals surface area contributed by atoms with Crippen molar-refractivity contribution in [3.05, 3.63) is 35.9 Å². The third-order valence-corrected chi connectivity index (χ3v) is 3.38. The van der Waals surface area contributed by atoms with Crippen molar-refractivity contribution >= 4 is 5.91 Å². The molecular formula is C16H27N3O. The van der Waals surface area contributed by atoms with Crippen molar-refractivity contribution in [1.29, 1.82) is 0 Å². The number of nitrogens with two attached hydrogens (primary N) is 1. The molecule has 1 aromatic carbocycles. The Morgan fingerprint density at radius 1 is 1.30 bits per heavy atom. The van der Waals surface area contributed by atoms with Crippen LogP contribution in [0.3, 0.4) is 0 Å². The van der Waals surface area contributed by atoms with Crippen LogP contribution in [0.1, 0.15) is 18.9 Å². The highest BCUT2D eigenvalue weighted by molar-refractivity contribution is 5.79. The maximum absolute atomic E-state index is 12.2. The van der Waals surface area contributed by atoms with E-state index in [2.05, 4.69) is 10.2 Å². The van der Waals surface area contributed by atoms with E-state index in [1.807, 2.05) is 51.4 Å². The zero-order chi connectivity index (χ0) is 15.0. The van der Waals surface area contributed by atoms with E-state index in [4.69, 9.17) is 5.73 Å². The van der Waals surface area contributed by atoms with Gasteiger partial charge in [0, 0.05) is 12.6 Å². The van der Waals surface area contributed by atoms with E-state index >= 15 is 0 Å². The summed E-state index contributed by atoms with van der Waals surface area (Å²) in [6.07, 6.45) is 1.64. The number of carbonyl (C=O) groups excluding carboxylic acids is 1. The molecular weight excluding hydrogens is 250 g/mol. The van der Waals surface area contributed by atoms with Gasteiger partial charge in [0.2, 0.25) is 5.91 Å². The number of hydrogen-bond donors (Lipinski definition) is 2. The molecule has 0 saturated carbocycles. The molecule has 0 saturated heterocycles. The average Bonchev–Trinajstić information content (AvgIpc) is 2.43. The molecule has 0 aliphatic heterocycles. The lowest BCUT2D eigenvalue weighted by Crippen LogP contribution is -2.41.